The molecule has 0 amide bonds. The molecule has 5 heteroatoms. The maximum absolute atomic E-state index is 13.7. The summed E-state index contributed by atoms with van der Waals surface area (Å²) in [6.07, 6.45) is -1.39. The van der Waals surface area contributed by atoms with Crippen LogP contribution in [-0.2, 0) is 4.79 Å². The lowest BCUT2D eigenvalue weighted by atomic mass is 10.0. The third-order valence-corrected chi connectivity index (χ3v) is 3.22. The predicted molar refractivity (Wildman–Crippen MR) is 53.2 cm³/mol. The number of carbonyl (C=O) groups excluding carboxylic acids is 1. The van der Waals surface area contributed by atoms with E-state index in [4.69, 9.17) is 15.4 Å². The molecular weight excluding hydrogens is 227 g/mol. The van der Waals surface area contributed by atoms with E-state index in [9.17, 15) is 9.18 Å². The zero-order valence-corrected chi connectivity index (χ0v) is 8.52. The van der Waals surface area contributed by atoms with Crippen LogP contribution in [0.5, 0.6) is 5.75 Å². The van der Waals surface area contributed by atoms with Gasteiger partial charge < -0.3 is 4.74 Å². The number of esters is 1. The second kappa shape index (κ2) is 3.79. The molecule has 0 saturated carbocycles. The standard InChI is InChI=1S/C9H6ClFO2S/c10-14-8-7(11)5-3-1-2-4-6(5)13-9(8)12/h1-4,7-8H. The van der Waals surface area contributed by atoms with Crippen LogP contribution < -0.4 is 4.74 Å². The van der Waals surface area contributed by atoms with Crippen molar-refractivity contribution in [2.24, 2.45) is 0 Å². The maximum atomic E-state index is 13.7. The van der Waals surface area contributed by atoms with Gasteiger partial charge in [0.25, 0.3) is 0 Å². The number of benzene rings is 1. The fourth-order valence-corrected chi connectivity index (χ4v) is 2.18. The van der Waals surface area contributed by atoms with Crippen LogP contribution in [-0.4, -0.2) is 11.2 Å². The highest BCUT2D eigenvalue weighted by Crippen LogP contribution is 2.41. The molecular formula is C9H6ClFO2S. The van der Waals surface area contributed by atoms with Crippen LogP contribution in [0.1, 0.15) is 11.7 Å². The Kier molecular flexibility index (Phi) is 2.65. The van der Waals surface area contributed by atoms with Gasteiger partial charge in [0.05, 0.1) is 0 Å². The van der Waals surface area contributed by atoms with E-state index in [1.807, 2.05) is 0 Å². The number of carbonyl (C=O) groups is 1. The van der Waals surface area contributed by atoms with E-state index in [2.05, 4.69) is 0 Å². The zero-order chi connectivity index (χ0) is 10.1. The molecule has 2 rings (SSSR count). The number of halogens is 2. The van der Waals surface area contributed by atoms with Crippen LogP contribution in [0.15, 0.2) is 24.3 Å². The number of hydrogen-bond acceptors (Lipinski definition) is 3. The van der Waals surface area contributed by atoms with Gasteiger partial charge in [0.2, 0.25) is 0 Å². The van der Waals surface area contributed by atoms with E-state index >= 15 is 0 Å². The molecule has 0 radical (unpaired) electrons. The Bertz CT molecular complexity index is 372. The molecule has 0 aromatic heterocycles. The van der Waals surface area contributed by atoms with Crippen molar-refractivity contribution in [3.63, 3.8) is 0 Å². The number of alkyl halides is 1. The topological polar surface area (TPSA) is 26.3 Å². The smallest absolute Gasteiger partial charge is 0.329 e. The van der Waals surface area contributed by atoms with E-state index < -0.39 is 17.4 Å². The highest BCUT2D eigenvalue weighted by Gasteiger charge is 2.38. The first-order chi connectivity index (χ1) is 6.74. The third-order valence-electron chi connectivity index (χ3n) is 2.02. The summed E-state index contributed by atoms with van der Waals surface area (Å²) in [5.74, 6) is -0.344. The summed E-state index contributed by atoms with van der Waals surface area (Å²) < 4.78 is 18.6. The normalized spacial score (nSPS) is 25.4. The zero-order valence-electron chi connectivity index (χ0n) is 6.94. The van der Waals surface area contributed by atoms with Gasteiger partial charge in [-0.3, -0.25) is 4.79 Å². The molecule has 74 valence electrons. The van der Waals surface area contributed by atoms with Crippen molar-refractivity contribution in [3.8, 4) is 5.75 Å². The average Bonchev–Trinajstić information content (AvgIpc) is 2.18. The minimum absolute atomic E-state index is 0.284. The molecule has 2 unspecified atom stereocenters. The van der Waals surface area contributed by atoms with Gasteiger partial charge in [0.15, 0.2) is 11.4 Å². The molecule has 0 bridgehead atoms. The minimum Gasteiger partial charge on any atom is -0.425 e. The van der Waals surface area contributed by atoms with Crippen LogP contribution >= 0.6 is 21.7 Å². The lowest BCUT2D eigenvalue weighted by Gasteiger charge is -2.24. The van der Waals surface area contributed by atoms with Crippen molar-refractivity contribution < 1.29 is 13.9 Å². The fourth-order valence-electron chi connectivity index (χ4n) is 1.33. The molecule has 0 N–H and O–H groups in total. The quantitative estimate of drug-likeness (QED) is 0.550. The molecule has 1 aliphatic rings. The maximum Gasteiger partial charge on any atom is 0.329 e. The largest absolute Gasteiger partial charge is 0.425 e. The Balaban J connectivity index is 2.43. The predicted octanol–water partition coefficient (Wildman–Crippen LogP) is 2.87. The van der Waals surface area contributed by atoms with Crippen LogP contribution in [0.4, 0.5) is 4.39 Å². The van der Waals surface area contributed by atoms with E-state index in [0.29, 0.717) is 16.5 Å². The Morgan fingerprint density at radius 2 is 2.14 bits per heavy atom. The SMILES string of the molecule is O=C1Oc2ccccc2C(F)C1SCl. The number of para-hydroxylation sites is 1. The second-order valence-corrected chi connectivity index (χ2v) is 4.09. The Labute approximate surface area is 88.9 Å². The second-order valence-electron chi connectivity index (χ2n) is 2.87. The van der Waals surface area contributed by atoms with Gasteiger partial charge >= 0.3 is 5.97 Å². The van der Waals surface area contributed by atoms with Gasteiger partial charge in [0.1, 0.15) is 5.75 Å². The summed E-state index contributed by atoms with van der Waals surface area (Å²) in [6, 6.07) is 6.54. The van der Waals surface area contributed by atoms with Crippen molar-refractivity contribution in [1.29, 1.82) is 0 Å². The molecule has 2 nitrogen and oxygen atoms in total. The summed E-state index contributed by atoms with van der Waals surface area (Å²) in [5.41, 5.74) is 0.380. The molecule has 0 saturated heterocycles. The Morgan fingerprint density at radius 1 is 1.43 bits per heavy atom. The highest BCUT2D eigenvalue weighted by molar-refractivity contribution is 8.22. The van der Waals surface area contributed by atoms with Crippen LogP contribution in [0.2, 0.25) is 0 Å². The van der Waals surface area contributed by atoms with E-state index in [0.717, 1.165) is 0 Å². The van der Waals surface area contributed by atoms with Crippen LogP contribution in [0.25, 0.3) is 0 Å². The Morgan fingerprint density at radius 3 is 2.86 bits per heavy atom. The van der Waals surface area contributed by atoms with Gasteiger partial charge in [-0.15, -0.1) is 0 Å². The first-order valence-electron chi connectivity index (χ1n) is 3.96. The first kappa shape index (κ1) is 9.80. The van der Waals surface area contributed by atoms with Gasteiger partial charge in [-0.25, -0.2) is 4.39 Å². The lowest BCUT2D eigenvalue weighted by molar-refractivity contribution is -0.136. The minimum atomic E-state index is -1.39. The van der Waals surface area contributed by atoms with Crippen molar-refractivity contribution in [1.82, 2.24) is 0 Å². The molecule has 2 atom stereocenters. The molecule has 0 spiro atoms. The van der Waals surface area contributed by atoms with Crippen molar-refractivity contribution in [2.75, 3.05) is 0 Å². The molecule has 1 aromatic carbocycles. The van der Waals surface area contributed by atoms with Crippen LogP contribution in [0, 0.1) is 0 Å². The molecule has 1 heterocycles. The van der Waals surface area contributed by atoms with Crippen molar-refractivity contribution >= 4 is 27.6 Å². The first-order valence-corrected chi connectivity index (χ1v) is 5.66. The summed E-state index contributed by atoms with van der Waals surface area (Å²) in [7, 11) is 6.06. The summed E-state index contributed by atoms with van der Waals surface area (Å²) in [5, 5.41) is -0.966. The third kappa shape index (κ3) is 1.48. The van der Waals surface area contributed by atoms with E-state index in [-0.39, 0.29) is 5.75 Å². The number of hydrogen-bond donors (Lipinski definition) is 0. The summed E-state index contributed by atoms with van der Waals surface area (Å²) >= 11 is 0. The molecule has 1 aliphatic heterocycles. The molecule has 0 fully saturated rings. The number of ether oxygens (including phenoxy) is 1. The van der Waals surface area contributed by atoms with Crippen molar-refractivity contribution in [2.45, 2.75) is 11.4 Å². The summed E-state index contributed by atoms with van der Waals surface area (Å²) in [6.45, 7) is 0. The monoisotopic (exact) mass is 232 g/mol. The molecule has 1 aromatic rings. The van der Waals surface area contributed by atoms with Gasteiger partial charge in [-0.2, -0.15) is 0 Å². The number of fused-ring (bicyclic) bond motifs is 1. The van der Waals surface area contributed by atoms with E-state index in [1.165, 1.54) is 0 Å². The van der Waals surface area contributed by atoms with Crippen LogP contribution in [0.3, 0.4) is 0 Å². The number of rotatable bonds is 1. The van der Waals surface area contributed by atoms with E-state index in [1.54, 1.807) is 24.3 Å². The highest BCUT2D eigenvalue weighted by atomic mass is 35.7. The Hall–Kier alpha value is -0.740. The molecule has 0 aliphatic carbocycles. The lowest BCUT2D eigenvalue weighted by Crippen LogP contribution is -2.31. The van der Waals surface area contributed by atoms with Crippen molar-refractivity contribution in [3.05, 3.63) is 29.8 Å². The van der Waals surface area contributed by atoms with Gasteiger partial charge in [-0.1, -0.05) is 18.2 Å². The molecule has 14 heavy (non-hydrogen) atoms. The average molecular weight is 233 g/mol. The van der Waals surface area contributed by atoms with Gasteiger partial charge in [0, 0.05) is 5.56 Å². The summed E-state index contributed by atoms with van der Waals surface area (Å²) in [4.78, 5) is 11.2. The van der Waals surface area contributed by atoms with Gasteiger partial charge in [-0.05, 0) is 27.7 Å². The fraction of sp³-hybridized carbons (Fsp3) is 0.222.